The minimum atomic E-state index is 0.0234. The molecule has 0 aliphatic carbocycles. The molecule has 0 fully saturated rings. The molecule has 0 heterocycles. The summed E-state index contributed by atoms with van der Waals surface area (Å²) in [5.74, 6) is 3.25. The summed E-state index contributed by atoms with van der Waals surface area (Å²) < 4.78 is 5.44. The Hall–Kier alpha value is -2.44. The van der Waals surface area contributed by atoms with Gasteiger partial charge in [0.25, 0.3) is 0 Å². The summed E-state index contributed by atoms with van der Waals surface area (Å²) in [6.45, 7) is 2.73. The van der Waals surface area contributed by atoms with Crippen molar-refractivity contribution in [2.24, 2.45) is 0 Å². The number of ether oxygens (including phenoxy) is 1. The lowest BCUT2D eigenvalue weighted by Gasteiger charge is -2.09. The molecule has 0 aromatic heterocycles. The summed E-state index contributed by atoms with van der Waals surface area (Å²) in [6, 6.07) is 13.3. The number of aryl methyl sites for hydroxylation is 2. The first-order valence-corrected chi connectivity index (χ1v) is 8.13. The van der Waals surface area contributed by atoms with Gasteiger partial charge in [0.2, 0.25) is 5.91 Å². The number of terminal acetylenes is 1. The van der Waals surface area contributed by atoms with Crippen LogP contribution in [0.3, 0.4) is 0 Å². The third-order valence-corrected chi connectivity index (χ3v) is 3.85. The number of hydrogen-bond donors (Lipinski definition) is 1. The lowest BCUT2D eigenvalue weighted by atomic mass is 10.1. The monoisotopic (exact) mass is 341 g/mol. The first-order chi connectivity index (χ1) is 11.6. The fourth-order valence-corrected chi connectivity index (χ4v) is 2.42. The summed E-state index contributed by atoms with van der Waals surface area (Å²) in [7, 11) is 0. The Morgan fingerprint density at radius 1 is 1.21 bits per heavy atom. The number of carbonyl (C=O) groups is 1. The van der Waals surface area contributed by atoms with Crippen LogP contribution in [0.5, 0.6) is 5.75 Å². The van der Waals surface area contributed by atoms with Crippen molar-refractivity contribution in [3.05, 3.63) is 64.2 Å². The van der Waals surface area contributed by atoms with Crippen LogP contribution in [0, 0.1) is 19.3 Å². The van der Waals surface area contributed by atoms with Crippen molar-refractivity contribution in [2.75, 3.05) is 6.61 Å². The van der Waals surface area contributed by atoms with Crippen molar-refractivity contribution >= 4 is 17.5 Å². The van der Waals surface area contributed by atoms with Gasteiger partial charge in [0, 0.05) is 18.0 Å². The maximum atomic E-state index is 12.0. The molecule has 0 spiro atoms. The largest absolute Gasteiger partial charge is 0.481 e. The number of amides is 1. The lowest BCUT2D eigenvalue weighted by molar-refractivity contribution is -0.121. The molecule has 2 rings (SSSR count). The fraction of sp³-hybridized carbons (Fsp3) is 0.250. The van der Waals surface area contributed by atoms with Gasteiger partial charge in [0.05, 0.1) is 0 Å². The molecule has 2 aromatic carbocycles. The summed E-state index contributed by atoms with van der Waals surface area (Å²) in [5.41, 5.74) is 3.14. The standard InChI is InChI=1S/C20H20ClNO2/c1-3-12-24-19-10-6-16(13-15(19)2)7-11-20(23)22-14-17-4-8-18(21)9-5-17/h1,4-6,8-10,13H,7,11-12,14H2,2H3,(H,22,23). The van der Waals surface area contributed by atoms with Crippen LogP contribution in [-0.4, -0.2) is 12.5 Å². The number of hydrogen-bond acceptors (Lipinski definition) is 2. The first kappa shape index (κ1) is 17.9. The zero-order chi connectivity index (χ0) is 17.4. The van der Waals surface area contributed by atoms with Crippen molar-refractivity contribution in [3.63, 3.8) is 0 Å². The van der Waals surface area contributed by atoms with E-state index in [2.05, 4.69) is 11.2 Å². The van der Waals surface area contributed by atoms with Gasteiger partial charge in [-0.15, -0.1) is 6.42 Å². The van der Waals surface area contributed by atoms with Crippen LogP contribution >= 0.6 is 11.6 Å². The molecule has 24 heavy (non-hydrogen) atoms. The Balaban J connectivity index is 1.80. The van der Waals surface area contributed by atoms with E-state index in [0.717, 1.165) is 22.4 Å². The smallest absolute Gasteiger partial charge is 0.220 e. The second kappa shape index (κ2) is 9.00. The van der Waals surface area contributed by atoms with Crippen molar-refractivity contribution in [3.8, 4) is 18.1 Å². The second-order valence-corrected chi connectivity index (χ2v) is 5.93. The maximum absolute atomic E-state index is 12.0. The van der Waals surface area contributed by atoms with Crippen LogP contribution in [0.25, 0.3) is 0 Å². The van der Waals surface area contributed by atoms with E-state index in [1.807, 2.05) is 49.4 Å². The number of rotatable bonds is 7. The molecule has 0 saturated heterocycles. The highest BCUT2D eigenvalue weighted by Crippen LogP contribution is 2.19. The van der Waals surface area contributed by atoms with Crippen LogP contribution in [-0.2, 0) is 17.8 Å². The molecule has 2 aromatic rings. The minimum Gasteiger partial charge on any atom is -0.481 e. The van der Waals surface area contributed by atoms with Crippen molar-refractivity contribution in [2.45, 2.75) is 26.3 Å². The highest BCUT2D eigenvalue weighted by Gasteiger charge is 2.05. The summed E-state index contributed by atoms with van der Waals surface area (Å²) >= 11 is 5.84. The van der Waals surface area contributed by atoms with Crippen LogP contribution in [0.15, 0.2) is 42.5 Å². The summed E-state index contributed by atoms with van der Waals surface area (Å²) in [6.07, 6.45) is 6.31. The molecule has 124 valence electrons. The molecule has 4 heteroatoms. The third-order valence-electron chi connectivity index (χ3n) is 3.59. The SMILES string of the molecule is C#CCOc1ccc(CCC(=O)NCc2ccc(Cl)cc2)cc1C. The number of halogens is 1. The van der Waals surface area contributed by atoms with E-state index in [-0.39, 0.29) is 12.5 Å². The number of nitrogens with one attached hydrogen (secondary N) is 1. The normalized spacial score (nSPS) is 10.0. The van der Waals surface area contributed by atoms with E-state index in [1.54, 1.807) is 0 Å². The van der Waals surface area contributed by atoms with Crippen LogP contribution < -0.4 is 10.1 Å². The van der Waals surface area contributed by atoms with Crippen LogP contribution in [0.2, 0.25) is 5.02 Å². The maximum Gasteiger partial charge on any atom is 0.220 e. The molecule has 0 aliphatic rings. The van der Waals surface area contributed by atoms with Gasteiger partial charge in [0.1, 0.15) is 12.4 Å². The van der Waals surface area contributed by atoms with Gasteiger partial charge in [-0.05, 0) is 48.2 Å². The van der Waals surface area contributed by atoms with E-state index < -0.39 is 0 Å². The van der Waals surface area contributed by atoms with Crippen LogP contribution in [0.1, 0.15) is 23.1 Å². The average molecular weight is 342 g/mol. The Bertz CT molecular complexity index is 732. The average Bonchev–Trinajstić information content (AvgIpc) is 2.58. The molecule has 0 bridgehead atoms. The number of benzene rings is 2. The van der Waals surface area contributed by atoms with Gasteiger partial charge in [-0.25, -0.2) is 0 Å². The number of carbonyl (C=O) groups excluding carboxylic acids is 1. The van der Waals surface area contributed by atoms with Gasteiger partial charge in [-0.1, -0.05) is 41.8 Å². The second-order valence-electron chi connectivity index (χ2n) is 5.50. The summed E-state index contributed by atoms with van der Waals surface area (Å²) in [4.78, 5) is 12.0. The van der Waals surface area contributed by atoms with Crippen molar-refractivity contribution < 1.29 is 9.53 Å². The highest BCUT2D eigenvalue weighted by atomic mass is 35.5. The third kappa shape index (κ3) is 5.64. The minimum absolute atomic E-state index is 0.0234. The van der Waals surface area contributed by atoms with E-state index in [1.165, 1.54) is 0 Å². The Labute approximate surface area is 148 Å². The molecule has 0 saturated carbocycles. The fourth-order valence-electron chi connectivity index (χ4n) is 2.30. The molecule has 0 atom stereocenters. The zero-order valence-corrected chi connectivity index (χ0v) is 14.4. The van der Waals surface area contributed by atoms with E-state index in [4.69, 9.17) is 22.8 Å². The molecule has 1 amide bonds. The predicted molar refractivity (Wildman–Crippen MR) is 97.1 cm³/mol. The molecule has 0 aliphatic heterocycles. The molecular formula is C20H20ClNO2. The Morgan fingerprint density at radius 3 is 2.58 bits per heavy atom. The predicted octanol–water partition coefficient (Wildman–Crippen LogP) is 3.91. The van der Waals surface area contributed by atoms with Gasteiger partial charge < -0.3 is 10.1 Å². The van der Waals surface area contributed by atoms with E-state index >= 15 is 0 Å². The van der Waals surface area contributed by atoms with Crippen molar-refractivity contribution in [1.82, 2.24) is 5.32 Å². The molecule has 0 unspecified atom stereocenters. The van der Waals surface area contributed by atoms with E-state index in [0.29, 0.717) is 24.4 Å². The Kier molecular flexibility index (Phi) is 6.72. The zero-order valence-electron chi connectivity index (χ0n) is 13.6. The molecular weight excluding hydrogens is 322 g/mol. The molecule has 0 radical (unpaired) electrons. The lowest BCUT2D eigenvalue weighted by Crippen LogP contribution is -2.22. The Morgan fingerprint density at radius 2 is 1.92 bits per heavy atom. The van der Waals surface area contributed by atoms with Gasteiger partial charge in [-0.2, -0.15) is 0 Å². The quantitative estimate of drug-likeness (QED) is 0.775. The summed E-state index contributed by atoms with van der Waals surface area (Å²) in [5, 5.41) is 3.60. The van der Waals surface area contributed by atoms with E-state index in [9.17, 15) is 4.79 Å². The van der Waals surface area contributed by atoms with Gasteiger partial charge in [0.15, 0.2) is 0 Å². The molecule has 1 N–H and O–H groups in total. The van der Waals surface area contributed by atoms with Crippen molar-refractivity contribution in [1.29, 1.82) is 0 Å². The first-order valence-electron chi connectivity index (χ1n) is 7.75. The van der Waals surface area contributed by atoms with Crippen LogP contribution in [0.4, 0.5) is 0 Å². The topological polar surface area (TPSA) is 38.3 Å². The van der Waals surface area contributed by atoms with Gasteiger partial charge >= 0.3 is 0 Å². The molecule has 3 nitrogen and oxygen atoms in total. The highest BCUT2D eigenvalue weighted by molar-refractivity contribution is 6.30. The van der Waals surface area contributed by atoms with Gasteiger partial charge in [-0.3, -0.25) is 4.79 Å².